The van der Waals surface area contributed by atoms with Crippen molar-refractivity contribution in [3.05, 3.63) is 35.9 Å². The van der Waals surface area contributed by atoms with Gasteiger partial charge in [-0.3, -0.25) is 0 Å². The molecular formula is C18H29IO2. The fraction of sp³-hybridized carbons (Fsp3) is 0.667. The lowest BCUT2D eigenvalue weighted by atomic mass is 10.00. The second-order valence-electron chi connectivity index (χ2n) is 6.58. The summed E-state index contributed by atoms with van der Waals surface area (Å²) in [5, 5.41) is 0. The van der Waals surface area contributed by atoms with Gasteiger partial charge in [0.05, 0.1) is 24.9 Å². The summed E-state index contributed by atoms with van der Waals surface area (Å²) in [5.74, 6) is 0.413. The lowest BCUT2D eigenvalue weighted by molar-refractivity contribution is -0.0990. The van der Waals surface area contributed by atoms with Gasteiger partial charge in [-0.2, -0.15) is 0 Å². The van der Waals surface area contributed by atoms with E-state index in [1.54, 1.807) is 0 Å². The Morgan fingerprint density at radius 1 is 1.14 bits per heavy atom. The summed E-state index contributed by atoms with van der Waals surface area (Å²) in [7, 11) is 0. The topological polar surface area (TPSA) is 18.5 Å². The van der Waals surface area contributed by atoms with Gasteiger partial charge in [0.15, 0.2) is 0 Å². The van der Waals surface area contributed by atoms with E-state index >= 15 is 0 Å². The first-order valence-corrected chi connectivity index (χ1v) is 9.30. The van der Waals surface area contributed by atoms with Crippen molar-refractivity contribution in [2.75, 3.05) is 11.0 Å². The van der Waals surface area contributed by atoms with Crippen LogP contribution in [-0.4, -0.2) is 22.7 Å². The third-order valence-electron chi connectivity index (χ3n) is 3.25. The maximum absolute atomic E-state index is 6.22. The van der Waals surface area contributed by atoms with Crippen LogP contribution >= 0.6 is 22.6 Å². The van der Waals surface area contributed by atoms with Gasteiger partial charge in [-0.25, -0.2) is 0 Å². The van der Waals surface area contributed by atoms with Gasteiger partial charge < -0.3 is 9.47 Å². The molecule has 0 aliphatic carbocycles. The summed E-state index contributed by atoms with van der Waals surface area (Å²) in [4.78, 5) is 0. The van der Waals surface area contributed by atoms with E-state index in [0.29, 0.717) is 12.5 Å². The molecule has 0 saturated carbocycles. The number of hydrogen-bond donors (Lipinski definition) is 0. The second-order valence-corrected chi connectivity index (χ2v) is 7.66. The van der Waals surface area contributed by atoms with Crippen molar-refractivity contribution in [2.45, 2.75) is 58.8 Å². The summed E-state index contributed by atoms with van der Waals surface area (Å²) in [5.41, 5.74) is 1.13. The normalized spacial score (nSPS) is 14.9. The maximum atomic E-state index is 6.22. The molecule has 21 heavy (non-hydrogen) atoms. The SMILES string of the molecule is C[C@H](COCc1ccccc1)[C@H](CCCI)OC(C)(C)C. The van der Waals surface area contributed by atoms with Gasteiger partial charge in [0.2, 0.25) is 0 Å². The summed E-state index contributed by atoms with van der Waals surface area (Å²) >= 11 is 2.43. The monoisotopic (exact) mass is 404 g/mol. The van der Waals surface area contributed by atoms with Crippen LogP contribution in [0.2, 0.25) is 0 Å². The molecule has 0 saturated heterocycles. The highest BCUT2D eigenvalue weighted by Gasteiger charge is 2.23. The van der Waals surface area contributed by atoms with E-state index in [9.17, 15) is 0 Å². The van der Waals surface area contributed by atoms with E-state index in [0.717, 1.165) is 13.0 Å². The van der Waals surface area contributed by atoms with Crippen molar-refractivity contribution < 1.29 is 9.47 Å². The Hall–Kier alpha value is -0.130. The maximum Gasteiger partial charge on any atom is 0.0717 e. The Balaban J connectivity index is 2.42. The van der Waals surface area contributed by atoms with Crippen LogP contribution in [-0.2, 0) is 16.1 Å². The molecule has 0 aromatic heterocycles. The third kappa shape index (κ3) is 8.79. The molecule has 1 rings (SSSR count). The van der Waals surface area contributed by atoms with Gasteiger partial charge in [0, 0.05) is 5.92 Å². The number of rotatable bonds is 9. The molecule has 1 aromatic rings. The molecule has 0 amide bonds. The first-order chi connectivity index (χ1) is 9.92. The van der Waals surface area contributed by atoms with Gasteiger partial charge in [-0.1, -0.05) is 59.8 Å². The van der Waals surface area contributed by atoms with Crippen molar-refractivity contribution in [1.82, 2.24) is 0 Å². The minimum absolute atomic E-state index is 0.0936. The fourth-order valence-electron chi connectivity index (χ4n) is 2.24. The highest BCUT2D eigenvalue weighted by atomic mass is 127. The quantitative estimate of drug-likeness (QED) is 0.414. The van der Waals surface area contributed by atoms with Crippen molar-refractivity contribution in [2.24, 2.45) is 5.92 Å². The first kappa shape index (κ1) is 18.9. The molecule has 1 aromatic carbocycles. The average Bonchev–Trinajstić information content (AvgIpc) is 2.43. The van der Waals surface area contributed by atoms with Crippen molar-refractivity contribution in [3.63, 3.8) is 0 Å². The lowest BCUT2D eigenvalue weighted by Gasteiger charge is -2.31. The van der Waals surface area contributed by atoms with Crippen molar-refractivity contribution >= 4 is 22.6 Å². The number of benzene rings is 1. The molecule has 0 unspecified atom stereocenters. The van der Waals surface area contributed by atoms with Gasteiger partial charge in [-0.05, 0) is 43.6 Å². The van der Waals surface area contributed by atoms with E-state index in [-0.39, 0.29) is 11.7 Å². The standard InChI is InChI=1S/C18H29IO2/c1-15(13-20-14-16-9-6-5-7-10-16)17(11-8-12-19)21-18(2,3)4/h5-7,9-10,15,17H,8,11-14H2,1-4H3/t15-,17+/m1/s1. The predicted octanol–water partition coefficient (Wildman–Crippen LogP) is 5.24. The summed E-state index contributed by atoms with van der Waals surface area (Å²) in [6.45, 7) is 10.0. The zero-order valence-corrected chi connectivity index (χ0v) is 15.9. The molecule has 0 spiro atoms. The van der Waals surface area contributed by atoms with Crippen LogP contribution in [0.1, 0.15) is 46.1 Å². The second kappa shape index (κ2) is 9.80. The van der Waals surface area contributed by atoms with Crippen molar-refractivity contribution in [1.29, 1.82) is 0 Å². The Bertz CT molecular complexity index is 373. The Kier molecular flexibility index (Phi) is 8.83. The summed E-state index contributed by atoms with van der Waals surface area (Å²) < 4.78 is 13.3. The Morgan fingerprint density at radius 2 is 1.81 bits per heavy atom. The van der Waals surface area contributed by atoms with Gasteiger partial charge >= 0.3 is 0 Å². The smallest absolute Gasteiger partial charge is 0.0717 e. The minimum Gasteiger partial charge on any atom is -0.376 e. The van der Waals surface area contributed by atoms with E-state index in [4.69, 9.17) is 9.47 Å². The number of hydrogen-bond acceptors (Lipinski definition) is 2. The molecule has 0 heterocycles. The summed E-state index contributed by atoms with van der Waals surface area (Å²) in [6.07, 6.45) is 2.58. The molecule has 0 radical (unpaired) electrons. The molecule has 0 aliphatic heterocycles. The number of ether oxygens (including phenoxy) is 2. The largest absolute Gasteiger partial charge is 0.376 e. The molecule has 120 valence electrons. The van der Waals surface area contributed by atoms with Crippen LogP contribution in [0.4, 0.5) is 0 Å². The Labute approximate surface area is 143 Å². The van der Waals surface area contributed by atoms with Crippen LogP contribution in [0, 0.1) is 5.92 Å². The zero-order chi connectivity index (χ0) is 15.7. The average molecular weight is 404 g/mol. The van der Waals surface area contributed by atoms with E-state index in [1.807, 2.05) is 18.2 Å². The van der Waals surface area contributed by atoms with Crippen LogP contribution < -0.4 is 0 Å². The number of alkyl halides is 1. The molecular weight excluding hydrogens is 375 g/mol. The van der Waals surface area contributed by atoms with E-state index in [1.165, 1.54) is 16.4 Å². The fourth-order valence-corrected chi connectivity index (χ4v) is 2.68. The molecule has 3 heteroatoms. The van der Waals surface area contributed by atoms with Crippen LogP contribution in [0.25, 0.3) is 0 Å². The molecule has 2 atom stereocenters. The highest BCUT2D eigenvalue weighted by molar-refractivity contribution is 14.1. The van der Waals surface area contributed by atoms with Gasteiger partial charge in [0.1, 0.15) is 0 Å². The van der Waals surface area contributed by atoms with E-state index in [2.05, 4.69) is 62.4 Å². The third-order valence-corrected chi connectivity index (χ3v) is 4.02. The van der Waals surface area contributed by atoms with E-state index < -0.39 is 0 Å². The van der Waals surface area contributed by atoms with Crippen LogP contribution in [0.15, 0.2) is 30.3 Å². The molecule has 0 bridgehead atoms. The highest BCUT2D eigenvalue weighted by Crippen LogP contribution is 2.22. The Morgan fingerprint density at radius 3 is 2.38 bits per heavy atom. The van der Waals surface area contributed by atoms with Crippen molar-refractivity contribution in [3.8, 4) is 0 Å². The predicted molar refractivity (Wildman–Crippen MR) is 98.0 cm³/mol. The zero-order valence-electron chi connectivity index (χ0n) is 13.8. The number of halogens is 1. The van der Waals surface area contributed by atoms with Crippen LogP contribution in [0.5, 0.6) is 0 Å². The van der Waals surface area contributed by atoms with Gasteiger partial charge in [-0.15, -0.1) is 0 Å². The first-order valence-electron chi connectivity index (χ1n) is 7.78. The summed E-state index contributed by atoms with van der Waals surface area (Å²) in [6, 6.07) is 10.3. The lowest BCUT2D eigenvalue weighted by Crippen LogP contribution is -2.34. The van der Waals surface area contributed by atoms with Crippen LogP contribution in [0.3, 0.4) is 0 Å². The minimum atomic E-state index is -0.0936. The van der Waals surface area contributed by atoms with Gasteiger partial charge in [0.25, 0.3) is 0 Å². The molecule has 2 nitrogen and oxygen atoms in total. The molecule has 0 N–H and O–H groups in total. The molecule has 0 aliphatic rings. The molecule has 0 fully saturated rings.